The Labute approximate surface area is 117 Å². The van der Waals surface area contributed by atoms with Crippen LogP contribution in [0, 0.1) is 5.92 Å². The zero-order chi connectivity index (χ0) is 13.2. The highest BCUT2D eigenvalue weighted by molar-refractivity contribution is 5.30. The van der Waals surface area contributed by atoms with Crippen LogP contribution in [0.4, 0.5) is 0 Å². The Bertz CT molecular complexity index is 429. The summed E-state index contributed by atoms with van der Waals surface area (Å²) in [6, 6.07) is 10.2. The van der Waals surface area contributed by atoms with Crippen molar-refractivity contribution in [3.8, 4) is 0 Å². The smallest absolute Gasteiger partial charge is 0.0238 e. The molecule has 2 aliphatic rings. The number of nitrogens with zero attached hydrogens (tertiary/aromatic N) is 1. The normalized spacial score (nSPS) is 32.0. The SMILES string of the molecule is CC1CCCN(CC2Cc3ccccc3CN2)C1C. The summed E-state index contributed by atoms with van der Waals surface area (Å²) in [5.41, 5.74) is 3.03. The standard InChI is InChI=1S/C17H26N2/c1-13-6-5-9-19(14(13)2)12-17-10-15-7-3-4-8-16(15)11-18-17/h3-4,7-8,13-14,17-18H,5-6,9-12H2,1-2H3. The summed E-state index contributed by atoms with van der Waals surface area (Å²) in [5, 5.41) is 3.72. The number of likely N-dealkylation sites (tertiary alicyclic amines) is 1. The molecule has 0 radical (unpaired) electrons. The predicted octanol–water partition coefficient (Wildman–Crippen LogP) is 2.82. The lowest BCUT2D eigenvalue weighted by molar-refractivity contribution is 0.100. The van der Waals surface area contributed by atoms with Crippen molar-refractivity contribution >= 4 is 0 Å². The van der Waals surface area contributed by atoms with E-state index in [4.69, 9.17) is 0 Å². The van der Waals surface area contributed by atoms with Crippen molar-refractivity contribution in [2.24, 2.45) is 5.92 Å². The maximum absolute atomic E-state index is 3.72. The molecule has 0 bridgehead atoms. The maximum Gasteiger partial charge on any atom is 0.0238 e. The number of piperidine rings is 1. The molecule has 3 rings (SSSR count). The van der Waals surface area contributed by atoms with E-state index in [0.29, 0.717) is 6.04 Å². The van der Waals surface area contributed by atoms with Gasteiger partial charge in [0.15, 0.2) is 0 Å². The van der Waals surface area contributed by atoms with E-state index in [2.05, 4.69) is 48.3 Å². The molecule has 1 fully saturated rings. The zero-order valence-corrected chi connectivity index (χ0v) is 12.2. The second-order valence-corrected chi connectivity index (χ2v) is 6.41. The fourth-order valence-corrected chi connectivity index (χ4v) is 3.61. The van der Waals surface area contributed by atoms with Crippen LogP contribution in [0.15, 0.2) is 24.3 Å². The summed E-state index contributed by atoms with van der Waals surface area (Å²) in [5.74, 6) is 0.852. The Hall–Kier alpha value is -0.860. The first-order valence-electron chi connectivity index (χ1n) is 7.78. The highest BCUT2D eigenvalue weighted by atomic mass is 15.2. The summed E-state index contributed by atoms with van der Waals surface area (Å²) in [4.78, 5) is 2.69. The number of fused-ring (bicyclic) bond motifs is 1. The largest absolute Gasteiger partial charge is 0.308 e. The zero-order valence-electron chi connectivity index (χ0n) is 12.2. The monoisotopic (exact) mass is 258 g/mol. The van der Waals surface area contributed by atoms with E-state index in [1.807, 2.05) is 0 Å². The Morgan fingerprint density at radius 1 is 1.21 bits per heavy atom. The first kappa shape index (κ1) is 13.1. The number of nitrogens with one attached hydrogen (secondary N) is 1. The van der Waals surface area contributed by atoms with Gasteiger partial charge in [-0.05, 0) is 49.8 Å². The summed E-state index contributed by atoms with van der Waals surface area (Å²) in [6.07, 6.45) is 3.96. The van der Waals surface area contributed by atoms with Gasteiger partial charge >= 0.3 is 0 Å². The fraction of sp³-hybridized carbons (Fsp3) is 0.647. The van der Waals surface area contributed by atoms with Crippen LogP contribution in [0.2, 0.25) is 0 Å². The first-order chi connectivity index (χ1) is 9.24. The minimum atomic E-state index is 0.627. The molecule has 0 aromatic heterocycles. The second-order valence-electron chi connectivity index (χ2n) is 6.41. The van der Waals surface area contributed by atoms with Gasteiger partial charge in [0.1, 0.15) is 0 Å². The average molecular weight is 258 g/mol. The van der Waals surface area contributed by atoms with Gasteiger partial charge in [0, 0.05) is 25.2 Å². The van der Waals surface area contributed by atoms with Crippen molar-refractivity contribution in [2.75, 3.05) is 13.1 Å². The number of hydrogen-bond donors (Lipinski definition) is 1. The summed E-state index contributed by atoms with van der Waals surface area (Å²) in [7, 11) is 0. The molecule has 0 saturated carbocycles. The molecular formula is C17H26N2. The minimum Gasteiger partial charge on any atom is -0.308 e. The van der Waals surface area contributed by atoms with Gasteiger partial charge in [-0.2, -0.15) is 0 Å². The maximum atomic E-state index is 3.72. The summed E-state index contributed by atoms with van der Waals surface area (Å²) >= 11 is 0. The van der Waals surface area contributed by atoms with Gasteiger partial charge in [0.05, 0.1) is 0 Å². The lowest BCUT2D eigenvalue weighted by Gasteiger charge is -2.40. The van der Waals surface area contributed by atoms with E-state index in [9.17, 15) is 0 Å². The third kappa shape index (κ3) is 2.85. The van der Waals surface area contributed by atoms with E-state index in [1.165, 1.54) is 37.9 Å². The van der Waals surface area contributed by atoms with Crippen LogP contribution in [-0.2, 0) is 13.0 Å². The van der Waals surface area contributed by atoms with Crippen molar-refractivity contribution in [1.82, 2.24) is 10.2 Å². The van der Waals surface area contributed by atoms with Gasteiger partial charge in [-0.3, -0.25) is 4.90 Å². The van der Waals surface area contributed by atoms with Crippen molar-refractivity contribution in [1.29, 1.82) is 0 Å². The molecule has 0 spiro atoms. The Morgan fingerprint density at radius 2 is 2.00 bits per heavy atom. The topological polar surface area (TPSA) is 15.3 Å². The summed E-state index contributed by atoms with van der Waals surface area (Å²) < 4.78 is 0. The molecule has 2 heterocycles. The Balaban J connectivity index is 1.63. The molecule has 2 aliphatic heterocycles. The van der Waals surface area contributed by atoms with Crippen LogP contribution < -0.4 is 5.32 Å². The van der Waals surface area contributed by atoms with Crippen LogP contribution in [0.5, 0.6) is 0 Å². The van der Waals surface area contributed by atoms with E-state index in [-0.39, 0.29) is 0 Å². The Kier molecular flexibility index (Phi) is 3.90. The molecule has 2 heteroatoms. The molecule has 19 heavy (non-hydrogen) atoms. The molecule has 0 aliphatic carbocycles. The van der Waals surface area contributed by atoms with Crippen LogP contribution in [0.1, 0.15) is 37.8 Å². The van der Waals surface area contributed by atoms with E-state index in [0.717, 1.165) is 18.5 Å². The van der Waals surface area contributed by atoms with Gasteiger partial charge in [0.25, 0.3) is 0 Å². The first-order valence-corrected chi connectivity index (χ1v) is 7.78. The number of hydrogen-bond acceptors (Lipinski definition) is 2. The molecule has 1 N–H and O–H groups in total. The molecule has 104 valence electrons. The van der Waals surface area contributed by atoms with Crippen molar-refractivity contribution < 1.29 is 0 Å². The molecule has 3 atom stereocenters. The predicted molar refractivity (Wildman–Crippen MR) is 80.2 cm³/mol. The van der Waals surface area contributed by atoms with Crippen LogP contribution >= 0.6 is 0 Å². The van der Waals surface area contributed by atoms with Gasteiger partial charge < -0.3 is 5.32 Å². The molecule has 0 amide bonds. The molecule has 1 aromatic rings. The summed E-state index contributed by atoms with van der Waals surface area (Å²) in [6.45, 7) is 8.34. The van der Waals surface area contributed by atoms with Gasteiger partial charge in [-0.1, -0.05) is 31.2 Å². The third-order valence-corrected chi connectivity index (χ3v) is 5.13. The Morgan fingerprint density at radius 3 is 2.84 bits per heavy atom. The fourth-order valence-electron chi connectivity index (χ4n) is 3.61. The van der Waals surface area contributed by atoms with Crippen LogP contribution in [0.25, 0.3) is 0 Å². The highest BCUT2D eigenvalue weighted by Crippen LogP contribution is 2.24. The van der Waals surface area contributed by atoms with Crippen molar-refractivity contribution in [3.05, 3.63) is 35.4 Å². The molecule has 2 nitrogen and oxygen atoms in total. The average Bonchev–Trinajstić information content (AvgIpc) is 2.44. The lowest BCUT2D eigenvalue weighted by Crippen LogP contribution is -2.50. The van der Waals surface area contributed by atoms with Crippen molar-refractivity contribution in [3.63, 3.8) is 0 Å². The minimum absolute atomic E-state index is 0.627. The van der Waals surface area contributed by atoms with E-state index in [1.54, 1.807) is 5.56 Å². The lowest BCUT2D eigenvalue weighted by atomic mass is 9.90. The highest BCUT2D eigenvalue weighted by Gasteiger charge is 2.27. The quantitative estimate of drug-likeness (QED) is 0.877. The van der Waals surface area contributed by atoms with Crippen LogP contribution in [-0.4, -0.2) is 30.1 Å². The van der Waals surface area contributed by atoms with Crippen LogP contribution in [0.3, 0.4) is 0 Å². The van der Waals surface area contributed by atoms with E-state index < -0.39 is 0 Å². The van der Waals surface area contributed by atoms with Crippen molar-refractivity contribution in [2.45, 2.75) is 51.7 Å². The van der Waals surface area contributed by atoms with Gasteiger partial charge in [-0.15, -0.1) is 0 Å². The second kappa shape index (κ2) is 5.64. The number of benzene rings is 1. The molecular weight excluding hydrogens is 232 g/mol. The molecule has 1 saturated heterocycles. The molecule has 1 aromatic carbocycles. The third-order valence-electron chi connectivity index (χ3n) is 5.13. The molecule has 3 unspecified atom stereocenters. The van der Waals surface area contributed by atoms with E-state index >= 15 is 0 Å². The van der Waals surface area contributed by atoms with Gasteiger partial charge in [0.2, 0.25) is 0 Å². The number of rotatable bonds is 2. The van der Waals surface area contributed by atoms with Gasteiger partial charge in [-0.25, -0.2) is 0 Å².